The Bertz CT molecular complexity index is 128. The molecule has 0 bridgehead atoms. The monoisotopic (exact) mass is 156 g/mol. The van der Waals surface area contributed by atoms with E-state index in [0.29, 0.717) is 12.0 Å². The van der Waals surface area contributed by atoms with E-state index in [1.165, 1.54) is 0 Å². The normalized spacial score (nSPS) is 15.5. The van der Waals surface area contributed by atoms with E-state index in [-0.39, 0.29) is 0 Å². The first-order valence-corrected chi connectivity index (χ1v) is 4.40. The average Bonchev–Trinajstić information content (AvgIpc) is 1.87. The summed E-state index contributed by atoms with van der Waals surface area (Å²) in [6.07, 6.45) is 2.01. The van der Waals surface area contributed by atoms with Crippen molar-refractivity contribution < 1.29 is 0 Å². The SMILES string of the molecule is CCCC(N)=NC(C)C(C)C. The highest BCUT2D eigenvalue weighted by Gasteiger charge is 2.04. The summed E-state index contributed by atoms with van der Waals surface area (Å²) in [5.41, 5.74) is 5.67. The van der Waals surface area contributed by atoms with Crippen LogP contribution < -0.4 is 5.73 Å². The zero-order valence-electron chi connectivity index (χ0n) is 8.09. The molecule has 66 valence electrons. The maximum Gasteiger partial charge on any atom is 0.0940 e. The van der Waals surface area contributed by atoms with Crippen LogP contribution in [0.3, 0.4) is 0 Å². The van der Waals surface area contributed by atoms with E-state index in [2.05, 4.69) is 32.7 Å². The minimum atomic E-state index is 0.363. The van der Waals surface area contributed by atoms with Crippen molar-refractivity contribution in [3.63, 3.8) is 0 Å². The second-order valence-corrected chi connectivity index (χ2v) is 3.36. The van der Waals surface area contributed by atoms with Crippen LogP contribution in [0.2, 0.25) is 0 Å². The Balaban J connectivity index is 3.86. The zero-order valence-corrected chi connectivity index (χ0v) is 8.09. The van der Waals surface area contributed by atoms with Crippen molar-refractivity contribution in [3.8, 4) is 0 Å². The lowest BCUT2D eigenvalue weighted by atomic mass is 10.1. The molecule has 0 saturated heterocycles. The molecule has 0 aliphatic heterocycles. The highest BCUT2D eigenvalue weighted by molar-refractivity contribution is 5.80. The number of hydrogen-bond donors (Lipinski definition) is 1. The Morgan fingerprint density at radius 3 is 2.27 bits per heavy atom. The van der Waals surface area contributed by atoms with E-state index in [1.54, 1.807) is 0 Å². The molecule has 0 aromatic heterocycles. The van der Waals surface area contributed by atoms with Crippen LogP contribution in [0.4, 0.5) is 0 Å². The van der Waals surface area contributed by atoms with Gasteiger partial charge in [0, 0.05) is 6.42 Å². The van der Waals surface area contributed by atoms with E-state index < -0.39 is 0 Å². The maximum atomic E-state index is 5.67. The molecule has 2 heteroatoms. The molecule has 0 fully saturated rings. The number of nitrogens with zero attached hydrogens (tertiary/aromatic N) is 1. The van der Waals surface area contributed by atoms with Crippen molar-refractivity contribution in [3.05, 3.63) is 0 Å². The van der Waals surface area contributed by atoms with Crippen LogP contribution in [-0.2, 0) is 0 Å². The second kappa shape index (κ2) is 5.16. The Hall–Kier alpha value is -0.530. The van der Waals surface area contributed by atoms with Crippen molar-refractivity contribution in [2.45, 2.75) is 46.6 Å². The van der Waals surface area contributed by atoms with Gasteiger partial charge in [-0.1, -0.05) is 20.8 Å². The zero-order chi connectivity index (χ0) is 8.85. The molecule has 0 spiro atoms. The van der Waals surface area contributed by atoms with Gasteiger partial charge in [-0.3, -0.25) is 4.99 Å². The van der Waals surface area contributed by atoms with E-state index in [4.69, 9.17) is 5.73 Å². The van der Waals surface area contributed by atoms with Crippen molar-refractivity contribution in [1.29, 1.82) is 0 Å². The minimum absolute atomic E-state index is 0.363. The molecule has 11 heavy (non-hydrogen) atoms. The highest BCUT2D eigenvalue weighted by atomic mass is 14.9. The molecule has 0 amide bonds. The molecule has 0 heterocycles. The molecule has 1 atom stereocenters. The van der Waals surface area contributed by atoms with Crippen LogP contribution in [0, 0.1) is 5.92 Å². The first kappa shape index (κ1) is 10.5. The third kappa shape index (κ3) is 4.82. The molecule has 2 N–H and O–H groups in total. The summed E-state index contributed by atoms with van der Waals surface area (Å²) in [6, 6.07) is 0.363. The molecule has 2 nitrogen and oxygen atoms in total. The summed E-state index contributed by atoms with van der Waals surface area (Å²) in [5, 5.41) is 0. The van der Waals surface area contributed by atoms with Gasteiger partial charge in [0.2, 0.25) is 0 Å². The fraction of sp³-hybridized carbons (Fsp3) is 0.889. The van der Waals surface area contributed by atoms with Crippen LogP contribution in [-0.4, -0.2) is 11.9 Å². The Kier molecular flexibility index (Phi) is 4.92. The quantitative estimate of drug-likeness (QED) is 0.492. The molecular formula is C9H20N2. The third-order valence-electron chi connectivity index (χ3n) is 1.84. The van der Waals surface area contributed by atoms with Gasteiger partial charge in [-0.2, -0.15) is 0 Å². The molecule has 0 aromatic carbocycles. The standard InChI is InChI=1S/C9H20N2/c1-5-6-9(10)11-8(4)7(2)3/h7-8H,5-6H2,1-4H3,(H2,10,11). The number of nitrogens with two attached hydrogens (primary N) is 1. The smallest absolute Gasteiger partial charge is 0.0940 e. The topological polar surface area (TPSA) is 38.4 Å². The predicted molar refractivity (Wildman–Crippen MR) is 50.8 cm³/mol. The summed E-state index contributed by atoms with van der Waals surface area (Å²) in [7, 11) is 0. The number of rotatable bonds is 4. The van der Waals surface area contributed by atoms with E-state index in [0.717, 1.165) is 18.7 Å². The van der Waals surface area contributed by atoms with Crippen LogP contribution in [0.15, 0.2) is 4.99 Å². The Morgan fingerprint density at radius 1 is 1.36 bits per heavy atom. The summed E-state index contributed by atoms with van der Waals surface area (Å²) in [6.45, 7) is 8.54. The van der Waals surface area contributed by atoms with Crippen LogP contribution >= 0.6 is 0 Å². The molecule has 0 aliphatic rings. The summed E-state index contributed by atoms with van der Waals surface area (Å²) in [4.78, 5) is 4.36. The fourth-order valence-corrected chi connectivity index (χ4v) is 0.731. The van der Waals surface area contributed by atoms with Gasteiger partial charge in [-0.05, 0) is 19.3 Å². The van der Waals surface area contributed by atoms with Crippen molar-refractivity contribution in [2.75, 3.05) is 0 Å². The van der Waals surface area contributed by atoms with Crippen molar-refractivity contribution in [1.82, 2.24) is 0 Å². The summed E-state index contributed by atoms with van der Waals surface area (Å²) >= 11 is 0. The lowest BCUT2D eigenvalue weighted by molar-refractivity contribution is 0.529. The van der Waals surface area contributed by atoms with Gasteiger partial charge in [0.05, 0.1) is 11.9 Å². The molecule has 0 aromatic rings. The molecule has 0 saturated carbocycles. The van der Waals surface area contributed by atoms with Crippen molar-refractivity contribution >= 4 is 5.84 Å². The van der Waals surface area contributed by atoms with Gasteiger partial charge < -0.3 is 5.73 Å². The van der Waals surface area contributed by atoms with E-state index >= 15 is 0 Å². The fourth-order valence-electron chi connectivity index (χ4n) is 0.731. The molecule has 0 radical (unpaired) electrons. The van der Waals surface area contributed by atoms with E-state index in [1.807, 2.05) is 0 Å². The molecule has 0 rings (SSSR count). The number of aliphatic imine (C=N–C) groups is 1. The first-order valence-electron chi connectivity index (χ1n) is 4.40. The van der Waals surface area contributed by atoms with Gasteiger partial charge in [0.25, 0.3) is 0 Å². The van der Waals surface area contributed by atoms with Crippen LogP contribution in [0.5, 0.6) is 0 Å². The number of hydrogen-bond acceptors (Lipinski definition) is 1. The molecule has 0 aliphatic carbocycles. The Morgan fingerprint density at radius 2 is 1.91 bits per heavy atom. The Labute approximate surface area is 69.9 Å². The van der Waals surface area contributed by atoms with Crippen LogP contribution in [0.25, 0.3) is 0 Å². The highest BCUT2D eigenvalue weighted by Crippen LogP contribution is 2.05. The van der Waals surface area contributed by atoms with Gasteiger partial charge in [0.1, 0.15) is 0 Å². The lowest BCUT2D eigenvalue weighted by Gasteiger charge is -2.10. The summed E-state index contributed by atoms with van der Waals surface area (Å²) < 4.78 is 0. The van der Waals surface area contributed by atoms with Gasteiger partial charge in [0.15, 0.2) is 0 Å². The lowest BCUT2D eigenvalue weighted by Crippen LogP contribution is -2.17. The first-order chi connectivity index (χ1) is 5.07. The predicted octanol–water partition coefficient (Wildman–Crippen LogP) is 2.19. The molecular weight excluding hydrogens is 136 g/mol. The second-order valence-electron chi connectivity index (χ2n) is 3.36. The third-order valence-corrected chi connectivity index (χ3v) is 1.84. The van der Waals surface area contributed by atoms with Gasteiger partial charge in [-0.25, -0.2) is 0 Å². The largest absolute Gasteiger partial charge is 0.387 e. The number of amidine groups is 1. The van der Waals surface area contributed by atoms with E-state index in [9.17, 15) is 0 Å². The van der Waals surface area contributed by atoms with Gasteiger partial charge in [-0.15, -0.1) is 0 Å². The van der Waals surface area contributed by atoms with Crippen LogP contribution in [0.1, 0.15) is 40.5 Å². The molecule has 1 unspecified atom stereocenters. The summed E-state index contributed by atoms with van der Waals surface area (Å²) in [5.74, 6) is 1.39. The van der Waals surface area contributed by atoms with Gasteiger partial charge >= 0.3 is 0 Å². The maximum absolute atomic E-state index is 5.67. The van der Waals surface area contributed by atoms with Crippen molar-refractivity contribution in [2.24, 2.45) is 16.6 Å². The average molecular weight is 156 g/mol. The minimum Gasteiger partial charge on any atom is -0.387 e.